The lowest BCUT2D eigenvalue weighted by molar-refractivity contribution is -0.116. The van der Waals surface area contributed by atoms with Crippen molar-refractivity contribution in [2.24, 2.45) is 0 Å². The largest absolute Gasteiger partial charge is 0.468 e. The Morgan fingerprint density at radius 1 is 1.22 bits per heavy atom. The van der Waals surface area contributed by atoms with Crippen molar-refractivity contribution in [3.63, 3.8) is 0 Å². The normalized spacial score (nSPS) is 13.1. The van der Waals surface area contributed by atoms with Gasteiger partial charge in [0, 0.05) is 12.6 Å². The van der Waals surface area contributed by atoms with E-state index < -0.39 is 0 Å². The van der Waals surface area contributed by atoms with Crippen molar-refractivity contribution in [2.75, 3.05) is 20.6 Å². The molecule has 0 saturated heterocycles. The SMILES string of the molecule is CC/C(=C\C(=O)NCC(c1ccco1)N(C)C)c1ccccc1. The van der Waals surface area contributed by atoms with Crippen LogP contribution in [0.5, 0.6) is 0 Å². The highest BCUT2D eigenvalue weighted by Crippen LogP contribution is 2.19. The first-order valence-electron chi connectivity index (χ1n) is 7.85. The third-order valence-corrected chi connectivity index (χ3v) is 3.80. The Balaban J connectivity index is 2.02. The molecular weight excluding hydrogens is 288 g/mol. The van der Waals surface area contributed by atoms with Crippen molar-refractivity contribution in [2.45, 2.75) is 19.4 Å². The molecule has 1 aromatic heterocycles. The fraction of sp³-hybridized carbons (Fsp3) is 0.316. The molecule has 0 aliphatic carbocycles. The van der Waals surface area contributed by atoms with Crippen LogP contribution in [0.25, 0.3) is 5.57 Å². The predicted octanol–water partition coefficient (Wildman–Crippen LogP) is 3.49. The molecule has 23 heavy (non-hydrogen) atoms. The van der Waals surface area contributed by atoms with Gasteiger partial charge in [0.15, 0.2) is 0 Å². The molecule has 1 aromatic carbocycles. The van der Waals surface area contributed by atoms with E-state index in [2.05, 4.69) is 12.2 Å². The second-order valence-corrected chi connectivity index (χ2v) is 5.63. The van der Waals surface area contributed by atoms with Gasteiger partial charge in [-0.3, -0.25) is 9.69 Å². The molecule has 0 fully saturated rings. The van der Waals surface area contributed by atoms with Gasteiger partial charge in [-0.15, -0.1) is 0 Å². The average Bonchev–Trinajstić information content (AvgIpc) is 3.07. The first kappa shape index (κ1) is 17.0. The number of furan rings is 1. The van der Waals surface area contributed by atoms with Gasteiger partial charge in [-0.1, -0.05) is 37.3 Å². The van der Waals surface area contributed by atoms with Crippen molar-refractivity contribution in [1.29, 1.82) is 0 Å². The number of likely N-dealkylation sites (N-methyl/N-ethyl adjacent to an activating group) is 1. The summed E-state index contributed by atoms with van der Waals surface area (Å²) in [5.41, 5.74) is 2.11. The predicted molar refractivity (Wildman–Crippen MR) is 92.9 cm³/mol. The maximum Gasteiger partial charge on any atom is 0.244 e. The Hall–Kier alpha value is -2.33. The third-order valence-electron chi connectivity index (χ3n) is 3.80. The second kappa shape index (κ2) is 8.34. The van der Waals surface area contributed by atoms with Gasteiger partial charge in [0.05, 0.1) is 12.3 Å². The van der Waals surface area contributed by atoms with Gasteiger partial charge in [0.25, 0.3) is 0 Å². The molecule has 1 unspecified atom stereocenters. The lowest BCUT2D eigenvalue weighted by atomic mass is 10.0. The van der Waals surface area contributed by atoms with Crippen LogP contribution >= 0.6 is 0 Å². The summed E-state index contributed by atoms with van der Waals surface area (Å²) in [4.78, 5) is 14.3. The Kier molecular flexibility index (Phi) is 6.18. The van der Waals surface area contributed by atoms with E-state index in [1.807, 2.05) is 61.5 Å². The third kappa shape index (κ3) is 4.83. The molecule has 2 aromatic rings. The fourth-order valence-corrected chi connectivity index (χ4v) is 2.47. The monoisotopic (exact) mass is 312 g/mol. The highest BCUT2D eigenvalue weighted by molar-refractivity contribution is 5.95. The Morgan fingerprint density at radius 3 is 2.52 bits per heavy atom. The van der Waals surface area contributed by atoms with Crippen LogP contribution in [0.1, 0.15) is 30.7 Å². The Bertz CT molecular complexity index is 631. The first-order valence-corrected chi connectivity index (χ1v) is 7.85. The number of hydrogen-bond acceptors (Lipinski definition) is 3. The van der Waals surface area contributed by atoms with Crippen LogP contribution in [0, 0.1) is 0 Å². The summed E-state index contributed by atoms with van der Waals surface area (Å²) < 4.78 is 5.45. The van der Waals surface area contributed by atoms with Gasteiger partial charge in [-0.05, 0) is 43.8 Å². The lowest BCUT2D eigenvalue weighted by Gasteiger charge is -2.22. The summed E-state index contributed by atoms with van der Waals surface area (Å²) in [6.07, 6.45) is 4.15. The molecule has 1 atom stereocenters. The van der Waals surface area contributed by atoms with Crippen LogP contribution in [-0.4, -0.2) is 31.4 Å². The maximum absolute atomic E-state index is 12.2. The van der Waals surface area contributed by atoms with Gasteiger partial charge in [-0.2, -0.15) is 0 Å². The molecule has 0 saturated carbocycles. The number of nitrogens with one attached hydrogen (secondary N) is 1. The molecule has 4 heteroatoms. The number of nitrogens with zero attached hydrogens (tertiary/aromatic N) is 1. The summed E-state index contributed by atoms with van der Waals surface area (Å²) in [5.74, 6) is 0.766. The lowest BCUT2D eigenvalue weighted by Crippen LogP contribution is -2.33. The summed E-state index contributed by atoms with van der Waals surface area (Å²) in [6.45, 7) is 2.55. The smallest absolute Gasteiger partial charge is 0.244 e. The van der Waals surface area contributed by atoms with Crippen LogP contribution in [0.2, 0.25) is 0 Å². The highest BCUT2D eigenvalue weighted by atomic mass is 16.3. The Morgan fingerprint density at radius 2 is 1.96 bits per heavy atom. The zero-order valence-corrected chi connectivity index (χ0v) is 14.0. The minimum Gasteiger partial charge on any atom is -0.468 e. The topological polar surface area (TPSA) is 45.5 Å². The van der Waals surface area contributed by atoms with Crippen LogP contribution in [0.4, 0.5) is 0 Å². The van der Waals surface area contributed by atoms with Gasteiger partial charge >= 0.3 is 0 Å². The van der Waals surface area contributed by atoms with Gasteiger partial charge in [-0.25, -0.2) is 0 Å². The van der Waals surface area contributed by atoms with Gasteiger partial charge in [0.1, 0.15) is 5.76 Å². The molecule has 0 aliphatic rings. The quantitative estimate of drug-likeness (QED) is 0.796. The van der Waals surface area contributed by atoms with E-state index in [4.69, 9.17) is 4.42 Å². The van der Waals surface area contributed by atoms with Crippen molar-refractivity contribution < 1.29 is 9.21 Å². The van der Waals surface area contributed by atoms with E-state index in [0.29, 0.717) is 6.54 Å². The molecule has 0 bridgehead atoms. The zero-order chi connectivity index (χ0) is 16.7. The molecule has 1 N–H and O–H groups in total. The molecule has 2 rings (SSSR count). The zero-order valence-electron chi connectivity index (χ0n) is 14.0. The second-order valence-electron chi connectivity index (χ2n) is 5.63. The minimum atomic E-state index is -0.0795. The number of allylic oxidation sites excluding steroid dienone is 1. The van der Waals surface area contributed by atoms with E-state index in [-0.39, 0.29) is 11.9 Å². The van der Waals surface area contributed by atoms with E-state index in [1.54, 1.807) is 12.3 Å². The highest BCUT2D eigenvalue weighted by Gasteiger charge is 2.17. The number of rotatable bonds is 7. The number of hydrogen-bond donors (Lipinski definition) is 1. The summed E-state index contributed by atoms with van der Waals surface area (Å²) >= 11 is 0. The van der Waals surface area contributed by atoms with Crippen molar-refractivity contribution in [3.8, 4) is 0 Å². The number of carbonyl (C=O) groups excluding carboxylic acids is 1. The van der Waals surface area contributed by atoms with E-state index in [0.717, 1.165) is 23.3 Å². The average molecular weight is 312 g/mol. The minimum absolute atomic E-state index is 0.0177. The van der Waals surface area contributed by atoms with Crippen LogP contribution in [-0.2, 0) is 4.79 Å². The summed E-state index contributed by atoms with van der Waals surface area (Å²) in [5, 5.41) is 2.97. The molecule has 4 nitrogen and oxygen atoms in total. The fourth-order valence-electron chi connectivity index (χ4n) is 2.47. The first-order chi connectivity index (χ1) is 11.1. The van der Waals surface area contributed by atoms with E-state index in [1.165, 1.54) is 0 Å². The Labute approximate surface area is 137 Å². The number of carbonyl (C=O) groups is 1. The van der Waals surface area contributed by atoms with Crippen molar-refractivity contribution in [1.82, 2.24) is 10.2 Å². The maximum atomic E-state index is 12.2. The van der Waals surface area contributed by atoms with Crippen molar-refractivity contribution >= 4 is 11.5 Å². The van der Waals surface area contributed by atoms with Crippen LogP contribution < -0.4 is 5.32 Å². The van der Waals surface area contributed by atoms with Crippen LogP contribution in [0.3, 0.4) is 0 Å². The molecular formula is C19H24N2O2. The summed E-state index contributed by atoms with van der Waals surface area (Å²) in [6, 6.07) is 13.8. The van der Waals surface area contributed by atoms with Crippen LogP contribution in [0.15, 0.2) is 59.2 Å². The molecule has 122 valence electrons. The van der Waals surface area contributed by atoms with E-state index in [9.17, 15) is 4.79 Å². The van der Waals surface area contributed by atoms with Gasteiger partial charge in [0.2, 0.25) is 5.91 Å². The standard InChI is InChI=1S/C19H24N2O2/c1-4-15(16-9-6-5-7-10-16)13-19(22)20-14-17(21(2)3)18-11-8-12-23-18/h5-13,17H,4,14H2,1-3H3,(H,20,22)/b15-13+. The van der Waals surface area contributed by atoms with E-state index >= 15 is 0 Å². The molecule has 0 spiro atoms. The number of amides is 1. The van der Waals surface area contributed by atoms with Gasteiger partial charge < -0.3 is 9.73 Å². The molecule has 0 radical (unpaired) electrons. The summed E-state index contributed by atoms with van der Waals surface area (Å²) in [7, 11) is 3.94. The molecule has 1 amide bonds. The molecule has 0 aliphatic heterocycles. The molecule has 1 heterocycles. The van der Waals surface area contributed by atoms with Crippen molar-refractivity contribution in [3.05, 3.63) is 66.1 Å². The number of benzene rings is 1.